The highest BCUT2D eigenvalue weighted by molar-refractivity contribution is 5.55. The van der Waals surface area contributed by atoms with Crippen LogP contribution in [0.3, 0.4) is 0 Å². The van der Waals surface area contributed by atoms with Gasteiger partial charge in [-0.3, -0.25) is 0 Å². The fraction of sp³-hybridized carbons (Fsp3) is 0.538. The molecular weight excluding hydrogens is 203 g/mol. The lowest BCUT2D eigenvalue weighted by Crippen LogP contribution is -2.26. The van der Waals surface area contributed by atoms with Crippen LogP contribution >= 0.6 is 0 Å². The average Bonchev–Trinajstić information content (AvgIpc) is 2.25. The van der Waals surface area contributed by atoms with Gasteiger partial charge in [0.15, 0.2) is 0 Å². The minimum atomic E-state index is -0.276. The van der Waals surface area contributed by atoms with Gasteiger partial charge in [0.25, 0.3) is 0 Å². The molecule has 0 bridgehead atoms. The van der Waals surface area contributed by atoms with Crippen molar-refractivity contribution < 1.29 is 4.39 Å². The highest BCUT2D eigenvalue weighted by Crippen LogP contribution is 2.27. The van der Waals surface area contributed by atoms with Crippen molar-refractivity contribution in [2.24, 2.45) is 5.73 Å². The molecule has 16 heavy (non-hydrogen) atoms. The molecule has 0 aliphatic rings. The Balaban J connectivity index is 3.15. The normalized spacial score (nSPS) is 12.6. The van der Waals surface area contributed by atoms with Gasteiger partial charge in [-0.2, -0.15) is 0 Å². The molecule has 0 heterocycles. The molecule has 0 amide bonds. The molecule has 1 atom stereocenters. The van der Waals surface area contributed by atoms with Crippen LogP contribution in [0.2, 0.25) is 0 Å². The summed E-state index contributed by atoms with van der Waals surface area (Å²) in [6.45, 7) is 7.82. The molecule has 0 aliphatic heterocycles. The standard InChI is InChI=1S/C13H21FN2/c1-4-9-16(5-2)12-8-6-7-11(14)13(12)10(3)15/h6-8,10H,4-5,9,15H2,1-3H3/t10-/m0/s1. The second kappa shape index (κ2) is 5.85. The number of nitrogens with two attached hydrogens (primary N) is 1. The Morgan fingerprint density at radius 1 is 1.38 bits per heavy atom. The first kappa shape index (κ1) is 13.0. The third kappa shape index (κ3) is 2.73. The number of hydrogen-bond donors (Lipinski definition) is 1. The van der Waals surface area contributed by atoms with Crippen LogP contribution in [0, 0.1) is 5.82 Å². The predicted octanol–water partition coefficient (Wildman–Crippen LogP) is 3.08. The van der Waals surface area contributed by atoms with Gasteiger partial charge in [0.2, 0.25) is 0 Å². The van der Waals surface area contributed by atoms with Gasteiger partial charge >= 0.3 is 0 Å². The Bertz CT molecular complexity index is 337. The van der Waals surface area contributed by atoms with Crippen LogP contribution in [-0.2, 0) is 0 Å². The van der Waals surface area contributed by atoms with Gasteiger partial charge in [-0.05, 0) is 32.4 Å². The van der Waals surface area contributed by atoms with Gasteiger partial charge in [-0.1, -0.05) is 13.0 Å². The molecule has 1 aromatic rings. The first-order valence-corrected chi connectivity index (χ1v) is 5.90. The van der Waals surface area contributed by atoms with Crippen LogP contribution < -0.4 is 10.6 Å². The van der Waals surface area contributed by atoms with Crippen LogP contribution in [0.25, 0.3) is 0 Å². The zero-order valence-corrected chi connectivity index (χ0v) is 10.3. The molecule has 2 N–H and O–H groups in total. The van der Waals surface area contributed by atoms with E-state index in [0.717, 1.165) is 25.2 Å². The molecule has 0 spiro atoms. The molecular formula is C13H21FN2. The van der Waals surface area contributed by atoms with E-state index in [0.29, 0.717) is 5.56 Å². The van der Waals surface area contributed by atoms with Crippen molar-refractivity contribution in [1.82, 2.24) is 0 Å². The number of hydrogen-bond acceptors (Lipinski definition) is 2. The monoisotopic (exact) mass is 224 g/mol. The largest absolute Gasteiger partial charge is 0.371 e. The smallest absolute Gasteiger partial charge is 0.130 e. The fourth-order valence-electron chi connectivity index (χ4n) is 1.97. The maximum absolute atomic E-state index is 13.7. The molecule has 90 valence electrons. The van der Waals surface area contributed by atoms with E-state index in [4.69, 9.17) is 5.73 Å². The van der Waals surface area contributed by atoms with E-state index in [2.05, 4.69) is 18.7 Å². The number of benzene rings is 1. The van der Waals surface area contributed by atoms with Gasteiger partial charge in [0, 0.05) is 30.4 Å². The molecule has 0 aliphatic carbocycles. The highest BCUT2D eigenvalue weighted by atomic mass is 19.1. The lowest BCUT2D eigenvalue weighted by molar-refractivity contribution is 0.591. The van der Waals surface area contributed by atoms with Crippen LogP contribution in [0.15, 0.2) is 18.2 Å². The van der Waals surface area contributed by atoms with Gasteiger partial charge in [-0.15, -0.1) is 0 Å². The summed E-state index contributed by atoms with van der Waals surface area (Å²) in [5.74, 6) is -0.206. The Labute approximate surface area is 97.3 Å². The molecule has 1 rings (SSSR count). The van der Waals surface area contributed by atoms with E-state index >= 15 is 0 Å². The first-order chi connectivity index (χ1) is 7.61. The third-order valence-electron chi connectivity index (χ3n) is 2.70. The summed E-state index contributed by atoms with van der Waals surface area (Å²) in [6, 6.07) is 4.89. The Morgan fingerprint density at radius 3 is 2.56 bits per heavy atom. The summed E-state index contributed by atoms with van der Waals surface area (Å²) < 4.78 is 13.7. The number of anilines is 1. The zero-order valence-electron chi connectivity index (χ0n) is 10.3. The van der Waals surface area contributed by atoms with Crippen LogP contribution in [-0.4, -0.2) is 13.1 Å². The summed E-state index contributed by atoms with van der Waals surface area (Å²) >= 11 is 0. The minimum absolute atomic E-state index is 0.206. The quantitative estimate of drug-likeness (QED) is 0.832. The van der Waals surface area contributed by atoms with Crippen molar-refractivity contribution in [2.75, 3.05) is 18.0 Å². The second-order valence-electron chi connectivity index (χ2n) is 4.04. The molecule has 0 unspecified atom stereocenters. The van der Waals surface area contributed by atoms with Crippen LogP contribution in [0.1, 0.15) is 38.8 Å². The summed E-state index contributed by atoms with van der Waals surface area (Å²) in [5, 5.41) is 0. The number of rotatable bonds is 5. The zero-order chi connectivity index (χ0) is 12.1. The van der Waals surface area contributed by atoms with Crippen LogP contribution in [0.5, 0.6) is 0 Å². The fourth-order valence-corrected chi connectivity index (χ4v) is 1.97. The van der Waals surface area contributed by atoms with Crippen molar-refractivity contribution in [3.63, 3.8) is 0 Å². The molecule has 0 saturated carbocycles. The predicted molar refractivity (Wildman–Crippen MR) is 67.2 cm³/mol. The van der Waals surface area contributed by atoms with Gasteiger partial charge < -0.3 is 10.6 Å². The molecule has 0 saturated heterocycles. The summed E-state index contributed by atoms with van der Waals surface area (Å²) in [5.41, 5.74) is 7.39. The van der Waals surface area contributed by atoms with Crippen molar-refractivity contribution in [1.29, 1.82) is 0 Å². The van der Waals surface area contributed by atoms with Gasteiger partial charge in [0.1, 0.15) is 5.82 Å². The van der Waals surface area contributed by atoms with Crippen molar-refractivity contribution in [3.8, 4) is 0 Å². The molecule has 0 radical (unpaired) electrons. The van der Waals surface area contributed by atoms with Gasteiger partial charge in [0.05, 0.1) is 0 Å². The lowest BCUT2D eigenvalue weighted by atomic mass is 10.0. The van der Waals surface area contributed by atoms with Crippen molar-refractivity contribution in [2.45, 2.75) is 33.2 Å². The maximum Gasteiger partial charge on any atom is 0.130 e. The van der Waals surface area contributed by atoms with Crippen molar-refractivity contribution in [3.05, 3.63) is 29.6 Å². The maximum atomic E-state index is 13.7. The molecule has 0 aromatic heterocycles. The molecule has 2 nitrogen and oxygen atoms in total. The Kier molecular flexibility index (Phi) is 4.74. The van der Waals surface area contributed by atoms with Crippen molar-refractivity contribution >= 4 is 5.69 Å². The lowest BCUT2D eigenvalue weighted by Gasteiger charge is -2.26. The van der Waals surface area contributed by atoms with E-state index in [-0.39, 0.29) is 11.9 Å². The summed E-state index contributed by atoms with van der Waals surface area (Å²) in [6.07, 6.45) is 1.04. The Hall–Kier alpha value is -1.09. The van der Waals surface area contributed by atoms with Gasteiger partial charge in [-0.25, -0.2) is 4.39 Å². The van der Waals surface area contributed by atoms with E-state index in [9.17, 15) is 4.39 Å². The second-order valence-corrected chi connectivity index (χ2v) is 4.04. The van der Waals surface area contributed by atoms with E-state index in [1.54, 1.807) is 6.07 Å². The summed E-state index contributed by atoms with van der Waals surface area (Å²) in [7, 11) is 0. The summed E-state index contributed by atoms with van der Waals surface area (Å²) in [4.78, 5) is 2.17. The number of nitrogens with zero attached hydrogens (tertiary/aromatic N) is 1. The SMILES string of the molecule is CCCN(CC)c1cccc(F)c1[C@H](C)N. The highest BCUT2D eigenvalue weighted by Gasteiger charge is 2.15. The molecule has 0 fully saturated rings. The van der Waals surface area contributed by atoms with E-state index in [1.165, 1.54) is 6.07 Å². The van der Waals surface area contributed by atoms with E-state index < -0.39 is 0 Å². The minimum Gasteiger partial charge on any atom is -0.371 e. The Morgan fingerprint density at radius 2 is 2.06 bits per heavy atom. The van der Waals surface area contributed by atoms with Crippen LogP contribution in [0.4, 0.5) is 10.1 Å². The first-order valence-electron chi connectivity index (χ1n) is 5.90. The van der Waals surface area contributed by atoms with E-state index in [1.807, 2.05) is 13.0 Å². The third-order valence-corrected chi connectivity index (χ3v) is 2.70. The topological polar surface area (TPSA) is 29.3 Å². The average molecular weight is 224 g/mol. The molecule has 3 heteroatoms. The molecule has 1 aromatic carbocycles. The number of halogens is 1.